The lowest BCUT2D eigenvalue weighted by Gasteiger charge is -2.14. The fourth-order valence-corrected chi connectivity index (χ4v) is 5.65. The number of amides is 1. The average Bonchev–Trinajstić information content (AvgIpc) is 3.31. The van der Waals surface area contributed by atoms with Crippen molar-refractivity contribution < 1.29 is 23.1 Å². The van der Waals surface area contributed by atoms with Crippen LogP contribution < -0.4 is 10.0 Å². The minimum atomic E-state index is -4.33. The van der Waals surface area contributed by atoms with Gasteiger partial charge in [-0.15, -0.1) is 0 Å². The maximum Gasteiger partial charge on any atom is 0.352 e. The predicted molar refractivity (Wildman–Crippen MR) is 144 cm³/mol. The molecule has 0 unspecified atom stereocenters. The Balaban J connectivity index is 1.71. The van der Waals surface area contributed by atoms with E-state index in [-0.39, 0.29) is 41.8 Å². The summed E-state index contributed by atoms with van der Waals surface area (Å²) < 4.78 is 33.2. The van der Waals surface area contributed by atoms with Gasteiger partial charge in [-0.05, 0) is 53.5 Å². The Labute approximate surface area is 233 Å². The summed E-state index contributed by atoms with van der Waals surface area (Å²) in [5.41, 5.74) is -0.743. The zero-order chi connectivity index (χ0) is 26.9. The number of anilines is 1. The second kappa shape index (κ2) is 10.8. The van der Waals surface area contributed by atoms with Crippen LogP contribution in [0.1, 0.15) is 15.9 Å². The Morgan fingerprint density at radius 1 is 0.973 bits per heavy atom. The summed E-state index contributed by atoms with van der Waals surface area (Å²) in [6.45, 7) is 0. The normalized spacial score (nSPS) is 11.9. The van der Waals surface area contributed by atoms with Gasteiger partial charge in [-0.1, -0.05) is 52.5 Å². The molecule has 9 nitrogen and oxygen atoms in total. The van der Waals surface area contributed by atoms with Crippen LogP contribution in [0.4, 0.5) is 5.69 Å². The van der Waals surface area contributed by atoms with Crippen LogP contribution in [0.15, 0.2) is 59.5 Å². The Kier molecular flexibility index (Phi) is 7.93. The first-order valence-corrected chi connectivity index (χ1v) is 13.7. The number of carbonyl (C=O) groups is 2. The van der Waals surface area contributed by atoms with Crippen LogP contribution in [-0.4, -0.2) is 34.8 Å². The largest absolute Gasteiger partial charge is 0.477 e. The predicted octanol–water partition coefficient (Wildman–Crippen LogP) is 5.96. The number of pyridine rings is 1. The number of aliphatic carboxylic acids is 1. The van der Waals surface area contributed by atoms with Crippen LogP contribution in [-0.2, 0) is 14.8 Å². The molecule has 4 rings (SSSR count). The lowest BCUT2D eigenvalue weighted by atomic mass is 10.1. The van der Waals surface area contributed by atoms with E-state index in [0.29, 0.717) is 10.3 Å². The van der Waals surface area contributed by atoms with Crippen LogP contribution in [0.3, 0.4) is 0 Å². The van der Waals surface area contributed by atoms with Crippen molar-refractivity contribution in [3.05, 3.63) is 85.7 Å². The van der Waals surface area contributed by atoms with E-state index in [9.17, 15) is 23.1 Å². The summed E-state index contributed by atoms with van der Waals surface area (Å²) in [6.07, 6.45) is 3.82. The molecule has 0 fully saturated rings. The Hall–Kier alpha value is -2.93. The van der Waals surface area contributed by atoms with Gasteiger partial charge in [0.05, 0.1) is 47.6 Å². The number of rotatable bonds is 7. The molecule has 0 radical (unpaired) electrons. The van der Waals surface area contributed by atoms with Crippen molar-refractivity contribution >= 4 is 102 Å². The minimum absolute atomic E-state index is 0.0518. The number of hydrogen-bond acceptors (Lipinski definition) is 7. The Bertz CT molecular complexity index is 1710. The Morgan fingerprint density at radius 2 is 1.68 bits per heavy atom. The summed E-state index contributed by atoms with van der Waals surface area (Å²) in [5, 5.41) is 12.1. The molecule has 0 aliphatic carbocycles. The molecule has 1 amide bonds. The number of carbonyl (C=O) groups excluding carboxylic acids is 1. The lowest BCUT2D eigenvalue weighted by Crippen LogP contribution is -2.28. The van der Waals surface area contributed by atoms with Crippen LogP contribution in [0.2, 0.25) is 20.1 Å². The number of benzene rings is 2. The highest BCUT2D eigenvalue weighted by molar-refractivity contribution is 7.92. The van der Waals surface area contributed by atoms with Crippen LogP contribution >= 0.6 is 57.9 Å². The number of nitrogens with one attached hydrogen (secondary N) is 2. The van der Waals surface area contributed by atoms with Gasteiger partial charge in [0.1, 0.15) is 5.70 Å². The summed E-state index contributed by atoms with van der Waals surface area (Å²) >= 11 is 25.1. The van der Waals surface area contributed by atoms with Gasteiger partial charge < -0.3 is 10.4 Å². The molecule has 0 atom stereocenters. The maximum absolute atomic E-state index is 13.2. The van der Waals surface area contributed by atoms with Crippen LogP contribution in [0.5, 0.6) is 0 Å². The van der Waals surface area contributed by atoms with Gasteiger partial charge in [0.2, 0.25) is 0 Å². The van der Waals surface area contributed by atoms with Crippen molar-refractivity contribution in [1.29, 1.82) is 0 Å². The number of halogens is 4. The van der Waals surface area contributed by atoms with Crippen molar-refractivity contribution in [1.82, 2.24) is 14.7 Å². The molecule has 2 aromatic heterocycles. The van der Waals surface area contributed by atoms with E-state index in [0.717, 1.165) is 29.7 Å². The van der Waals surface area contributed by atoms with Gasteiger partial charge in [0, 0.05) is 6.20 Å². The number of fused-ring (bicyclic) bond motifs is 1. The number of carboxylic acids is 1. The molecule has 0 saturated carbocycles. The van der Waals surface area contributed by atoms with E-state index >= 15 is 0 Å². The van der Waals surface area contributed by atoms with Gasteiger partial charge in [-0.2, -0.15) is 12.8 Å². The van der Waals surface area contributed by atoms with E-state index < -0.39 is 27.6 Å². The SMILES string of the molecule is O=C(O)C(=Cc1ccc(Cl)c(Cl)c1)NC(=O)c1cc(Cl)c(Cl)cc1NS(=O)(=O)c1nccc2sncc12. The van der Waals surface area contributed by atoms with Crippen LogP contribution in [0, 0.1) is 0 Å². The van der Waals surface area contributed by atoms with E-state index in [1.165, 1.54) is 30.6 Å². The summed E-state index contributed by atoms with van der Waals surface area (Å²) in [5.74, 6) is -2.45. The quantitative estimate of drug-likeness (QED) is 0.217. The molecule has 2 aromatic carbocycles. The lowest BCUT2D eigenvalue weighted by molar-refractivity contribution is -0.132. The standard InChI is InChI=1S/C22H12Cl4N4O5S2/c23-13-2-1-10(5-14(13)24)6-18(22(32)33)29-20(31)11-7-15(25)16(26)8-17(11)30-37(34,35)21-12-9-28-36-19(12)3-4-27-21/h1-9,30H,(H,29,31)(H,32,33). The van der Waals surface area contributed by atoms with Gasteiger partial charge in [-0.25, -0.2) is 9.78 Å². The molecule has 3 N–H and O–H groups in total. The van der Waals surface area contributed by atoms with Crippen molar-refractivity contribution in [2.45, 2.75) is 5.03 Å². The average molecular weight is 618 g/mol. The molecule has 0 bridgehead atoms. The molecule has 15 heteroatoms. The van der Waals surface area contributed by atoms with E-state index in [4.69, 9.17) is 46.4 Å². The molecule has 0 aliphatic rings. The monoisotopic (exact) mass is 616 g/mol. The molecular formula is C22H12Cl4N4O5S2. The topological polar surface area (TPSA) is 138 Å². The second-order valence-electron chi connectivity index (χ2n) is 7.26. The van der Waals surface area contributed by atoms with Crippen molar-refractivity contribution in [2.75, 3.05) is 4.72 Å². The molecule has 37 heavy (non-hydrogen) atoms. The molecule has 0 saturated heterocycles. The molecule has 0 aliphatic heterocycles. The van der Waals surface area contributed by atoms with Crippen molar-refractivity contribution in [3.8, 4) is 0 Å². The molecule has 4 aromatic rings. The zero-order valence-corrected chi connectivity index (χ0v) is 22.7. The van der Waals surface area contributed by atoms with Gasteiger partial charge in [-0.3, -0.25) is 9.52 Å². The highest BCUT2D eigenvalue weighted by Crippen LogP contribution is 2.32. The summed E-state index contributed by atoms with van der Waals surface area (Å²) in [4.78, 5) is 28.9. The van der Waals surface area contributed by atoms with Crippen molar-refractivity contribution in [2.24, 2.45) is 0 Å². The first-order valence-electron chi connectivity index (χ1n) is 9.89. The minimum Gasteiger partial charge on any atom is -0.477 e. The third-order valence-electron chi connectivity index (χ3n) is 4.78. The molecule has 2 heterocycles. The van der Waals surface area contributed by atoms with E-state index in [1.54, 1.807) is 6.07 Å². The third-order valence-corrected chi connectivity index (χ3v) is 8.33. The van der Waals surface area contributed by atoms with Gasteiger partial charge in [0.15, 0.2) is 5.03 Å². The summed E-state index contributed by atoms with van der Waals surface area (Å²) in [7, 11) is -4.33. The molecule has 0 spiro atoms. The number of nitrogens with zero attached hydrogens (tertiary/aromatic N) is 2. The maximum atomic E-state index is 13.2. The molecule has 190 valence electrons. The third kappa shape index (κ3) is 5.98. The first-order chi connectivity index (χ1) is 17.5. The highest BCUT2D eigenvalue weighted by atomic mass is 35.5. The number of hydrogen-bond donors (Lipinski definition) is 3. The number of sulfonamides is 1. The highest BCUT2D eigenvalue weighted by Gasteiger charge is 2.25. The first kappa shape index (κ1) is 27.1. The van der Waals surface area contributed by atoms with Gasteiger partial charge in [0.25, 0.3) is 15.9 Å². The van der Waals surface area contributed by atoms with Crippen LogP contribution in [0.25, 0.3) is 16.2 Å². The van der Waals surface area contributed by atoms with Gasteiger partial charge >= 0.3 is 5.97 Å². The number of aromatic nitrogens is 2. The van der Waals surface area contributed by atoms with E-state index in [1.807, 2.05) is 0 Å². The summed E-state index contributed by atoms with van der Waals surface area (Å²) in [6, 6.07) is 8.21. The second-order valence-corrected chi connectivity index (χ2v) is 11.3. The number of carboxylic acid groups (broad SMARTS) is 1. The van der Waals surface area contributed by atoms with E-state index in [2.05, 4.69) is 19.4 Å². The Morgan fingerprint density at radius 3 is 2.38 bits per heavy atom. The fourth-order valence-electron chi connectivity index (χ4n) is 3.11. The fraction of sp³-hybridized carbons (Fsp3) is 0. The zero-order valence-electron chi connectivity index (χ0n) is 18.0. The smallest absolute Gasteiger partial charge is 0.352 e. The van der Waals surface area contributed by atoms with Crippen molar-refractivity contribution in [3.63, 3.8) is 0 Å². The molecular weight excluding hydrogens is 606 g/mol.